The van der Waals surface area contributed by atoms with Gasteiger partial charge in [-0.1, -0.05) is 0 Å². The number of nitrogens with zero attached hydrogens (tertiary/aromatic N) is 2. The molecule has 7 nitrogen and oxygen atoms in total. The van der Waals surface area contributed by atoms with E-state index in [1.54, 1.807) is 18.3 Å². The summed E-state index contributed by atoms with van der Waals surface area (Å²) in [6.45, 7) is 0.308. The number of hydrogen-bond donors (Lipinski definition) is 2. The normalized spacial score (nSPS) is 10.2. The number of nitro groups is 1. The monoisotopic (exact) mass is 293 g/mol. The number of nitro benzene ring substituents is 1. The Morgan fingerprint density at radius 1 is 1.40 bits per heavy atom. The molecule has 1 heterocycles. The average Bonchev–Trinajstić information content (AvgIpc) is 2.87. The summed E-state index contributed by atoms with van der Waals surface area (Å²) in [6, 6.07) is 6.23. The zero-order chi connectivity index (χ0) is 14.5. The number of thiazole rings is 1. The van der Waals surface area contributed by atoms with E-state index in [1.807, 2.05) is 0 Å². The molecule has 0 aliphatic carbocycles. The number of carbonyl (C=O) groups is 1. The molecule has 0 radical (unpaired) electrons. The van der Waals surface area contributed by atoms with E-state index in [9.17, 15) is 14.9 Å². The number of amides is 1. The third-order valence-electron chi connectivity index (χ3n) is 2.53. The van der Waals surface area contributed by atoms with E-state index in [4.69, 9.17) is 5.11 Å². The molecule has 0 saturated heterocycles. The molecule has 2 aromatic rings. The van der Waals surface area contributed by atoms with Crippen LogP contribution in [0.25, 0.3) is 10.4 Å². The number of carboxylic acid groups (broad SMARTS) is 1. The van der Waals surface area contributed by atoms with Gasteiger partial charge < -0.3 is 10.4 Å². The lowest BCUT2D eigenvalue weighted by atomic mass is 10.2. The van der Waals surface area contributed by atoms with Crippen LogP contribution in [-0.2, 0) is 6.42 Å². The second-order valence-corrected chi connectivity index (χ2v) is 5.02. The van der Waals surface area contributed by atoms with E-state index < -0.39 is 11.0 Å². The highest BCUT2D eigenvalue weighted by Gasteiger charge is 2.08. The Kier molecular flexibility index (Phi) is 4.26. The first-order valence-electron chi connectivity index (χ1n) is 5.72. The van der Waals surface area contributed by atoms with Crippen LogP contribution in [0.5, 0.6) is 0 Å². The molecule has 0 aliphatic heterocycles. The van der Waals surface area contributed by atoms with Gasteiger partial charge in [-0.3, -0.25) is 10.1 Å². The quantitative estimate of drug-likeness (QED) is 0.651. The van der Waals surface area contributed by atoms with Gasteiger partial charge in [0.1, 0.15) is 0 Å². The molecule has 20 heavy (non-hydrogen) atoms. The predicted octanol–water partition coefficient (Wildman–Crippen LogP) is 2.53. The van der Waals surface area contributed by atoms with Gasteiger partial charge >= 0.3 is 6.09 Å². The number of rotatable bonds is 5. The molecule has 0 bridgehead atoms. The van der Waals surface area contributed by atoms with Crippen molar-refractivity contribution in [3.05, 3.63) is 45.6 Å². The summed E-state index contributed by atoms with van der Waals surface area (Å²) in [5.74, 6) is 0. The van der Waals surface area contributed by atoms with Crippen LogP contribution in [0, 0.1) is 10.1 Å². The minimum absolute atomic E-state index is 0.0455. The Bertz CT molecular complexity index is 624. The Morgan fingerprint density at radius 3 is 2.70 bits per heavy atom. The van der Waals surface area contributed by atoms with Crippen LogP contribution in [-0.4, -0.2) is 27.7 Å². The molecule has 0 saturated carbocycles. The Hall–Kier alpha value is -2.48. The summed E-state index contributed by atoms with van der Waals surface area (Å²) in [5.41, 5.74) is 0.898. The van der Waals surface area contributed by atoms with E-state index >= 15 is 0 Å². The molecule has 104 valence electrons. The van der Waals surface area contributed by atoms with E-state index in [0.29, 0.717) is 13.0 Å². The van der Waals surface area contributed by atoms with Crippen molar-refractivity contribution in [1.82, 2.24) is 10.3 Å². The summed E-state index contributed by atoms with van der Waals surface area (Å²) in [6.07, 6.45) is 1.14. The first-order chi connectivity index (χ1) is 9.56. The minimum Gasteiger partial charge on any atom is -0.465 e. The largest absolute Gasteiger partial charge is 0.465 e. The molecular formula is C12H11N3O4S. The summed E-state index contributed by atoms with van der Waals surface area (Å²) in [4.78, 5) is 25.5. The van der Waals surface area contributed by atoms with Gasteiger partial charge in [0.25, 0.3) is 5.69 Å². The molecule has 2 rings (SSSR count). The van der Waals surface area contributed by atoms with Gasteiger partial charge in [0.15, 0.2) is 0 Å². The first kappa shape index (κ1) is 13.9. The highest BCUT2D eigenvalue weighted by molar-refractivity contribution is 7.15. The molecule has 1 aromatic heterocycles. The number of benzene rings is 1. The number of aromatic nitrogens is 1. The summed E-state index contributed by atoms with van der Waals surface area (Å²) < 4.78 is 0. The molecular weight excluding hydrogens is 282 g/mol. The summed E-state index contributed by atoms with van der Waals surface area (Å²) in [5, 5.41) is 22.1. The first-order valence-corrected chi connectivity index (χ1v) is 6.54. The zero-order valence-electron chi connectivity index (χ0n) is 10.3. The van der Waals surface area contributed by atoms with Crippen LogP contribution in [0.4, 0.5) is 10.5 Å². The van der Waals surface area contributed by atoms with Crippen molar-refractivity contribution in [3.8, 4) is 10.4 Å². The zero-order valence-corrected chi connectivity index (χ0v) is 11.1. The van der Waals surface area contributed by atoms with Crippen molar-refractivity contribution in [2.75, 3.05) is 6.54 Å². The fourth-order valence-electron chi connectivity index (χ4n) is 1.58. The second-order valence-electron chi connectivity index (χ2n) is 3.90. The highest BCUT2D eigenvalue weighted by Crippen LogP contribution is 2.27. The smallest absolute Gasteiger partial charge is 0.404 e. The maximum atomic E-state index is 10.6. The summed E-state index contributed by atoms with van der Waals surface area (Å²) >= 11 is 1.44. The van der Waals surface area contributed by atoms with Gasteiger partial charge in [0.2, 0.25) is 0 Å². The third-order valence-corrected chi connectivity index (χ3v) is 3.64. The highest BCUT2D eigenvalue weighted by atomic mass is 32.1. The van der Waals surface area contributed by atoms with Gasteiger partial charge in [-0.25, -0.2) is 9.78 Å². The van der Waals surface area contributed by atoms with Gasteiger partial charge in [0.05, 0.1) is 14.8 Å². The van der Waals surface area contributed by atoms with E-state index in [1.165, 1.54) is 23.5 Å². The van der Waals surface area contributed by atoms with Crippen molar-refractivity contribution >= 4 is 23.1 Å². The van der Waals surface area contributed by atoms with Crippen molar-refractivity contribution in [2.24, 2.45) is 0 Å². The molecule has 0 atom stereocenters. The molecule has 0 fully saturated rings. The SMILES string of the molecule is O=C(O)NCCc1ncc(-c2ccc([N+](=O)[O-])cc2)s1. The molecule has 0 spiro atoms. The maximum Gasteiger partial charge on any atom is 0.404 e. The third kappa shape index (κ3) is 3.51. The fourth-order valence-corrected chi connectivity index (χ4v) is 2.51. The second kappa shape index (κ2) is 6.11. The Labute approximate surface area is 118 Å². The predicted molar refractivity (Wildman–Crippen MR) is 73.9 cm³/mol. The lowest BCUT2D eigenvalue weighted by Crippen LogP contribution is -2.23. The number of nitrogens with one attached hydrogen (secondary N) is 1. The van der Waals surface area contributed by atoms with Crippen LogP contribution in [0.1, 0.15) is 5.01 Å². The van der Waals surface area contributed by atoms with E-state index in [2.05, 4.69) is 10.3 Å². The lowest BCUT2D eigenvalue weighted by molar-refractivity contribution is -0.384. The topological polar surface area (TPSA) is 105 Å². The standard InChI is InChI=1S/C12H11N3O4S/c16-12(17)13-6-5-11-14-7-10(20-11)8-1-3-9(4-2-8)15(18)19/h1-4,7,13H,5-6H2,(H,16,17). The molecule has 8 heteroatoms. The van der Waals surface area contributed by atoms with Crippen molar-refractivity contribution in [1.29, 1.82) is 0 Å². The fraction of sp³-hybridized carbons (Fsp3) is 0.167. The van der Waals surface area contributed by atoms with Crippen molar-refractivity contribution < 1.29 is 14.8 Å². The van der Waals surface area contributed by atoms with E-state index in [0.717, 1.165) is 15.4 Å². The maximum absolute atomic E-state index is 10.6. The van der Waals surface area contributed by atoms with Gasteiger partial charge in [0, 0.05) is 31.3 Å². The van der Waals surface area contributed by atoms with Crippen LogP contribution < -0.4 is 5.32 Å². The number of non-ortho nitro benzene ring substituents is 1. The summed E-state index contributed by atoms with van der Waals surface area (Å²) in [7, 11) is 0. The van der Waals surface area contributed by atoms with Crippen LogP contribution >= 0.6 is 11.3 Å². The number of hydrogen-bond acceptors (Lipinski definition) is 5. The van der Waals surface area contributed by atoms with Crippen LogP contribution in [0.15, 0.2) is 30.5 Å². The molecule has 1 aromatic carbocycles. The van der Waals surface area contributed by atoms with Gasteiger partial charge in [-0.2, -0.15) is 0 Å². The lowest BCUT2D eigenvalue weighted by Gasteiger charge is -1.97. The molecule has 0 aliphatic rings. The minimum atomic E-state index is -1.06. The van der Waals surface area contributed by atoms with Gasteiger partial charge in [-0.05, 0) is 17.7 Å². The molecule has 1 amide bonds. The van der Waals surface area contributed by atoms with Crippen molar-refractivity contribution in [2.45, 2.75) is 6.42 Å². The average molecular weight is 293 g/mol. The Balaban J connectivity index is 2.04. The van der Waals surface area contributed by atoms with Crippen LogP contribution in [0.2, 0.25) is 0 Å². The molecule has 0 unspecified atom stereocenters. The Morgan fingerprint density at radius 2 is 2.10 bits per heavy atom. The van der Waals surface area contributed by atoms with Gasteiger partial charge in [-0.15, -0.1) is 11.3 Å². The van der Waals surface area contributed by atoms with E-state index in [-0.39, 0.29) is 5.69 Å². The van der Waals surface area contributed by atoms with Crippen molar-refractivity contribution in [3.63, 3.8) is 0 Å². The molecule has 2 N–H and O–H groups in total. The van der Waals surface area contributed by atoms with Crippen LogP contribution in [0.3, 0.4) is 0 Å².